The number of carbonyl (C=O) groups is 1. The fraction of sp³-hybridized carbons (Fsp3) is 0.263. The van der Waals surface area contributed by atoms with Crippen molar-refractivity contribution in [3.05, 3.63) is 48.4 Å². The van der Waals surface area contributed by atoms with E-state index in [1.807, 2.05) is 6.92 Å². The second-order valence-corrected chi connectivity index (χ2v) is 7.78. The normalized spacial score (nSPS) is 11.5. The largest absolute Gasteiger partial charge is 0.494 e. The molecule has 1 heterocycles. The SMILES string of the molecule is CCOc1ccc(S(=O)(=O)NCCC(=O)Nc2ccc3oc(C)nc3c2)cc1. The van der Waals surface area contributed by atoms with Crippen molar-refractivity contribution in [1.82, 2.24) is 9.71 Å². The molecule has 0 aliphatic carbocycles. The van der Waals surface area contributed by atoms with Gasteiger partial charge in [0.1, 0.15) is 11.3 Å². The number of oxazole rings is 1. The molecule has 1 aromatic heterocycles. The zero-order valence-electron chi connectivity index (χ0n) is 15.6. The van der Waals surface area contributed by atoms with Gasteiger partial charge in [0.25, 0.3) is 0 Å². The van der Waals surface area contributed by atoms with Gasteiger partial charge < -0.3 is 14.5 Å². The molecule has 3 rings (SSSR count). The lowest BCUT2D eigenvalue weighted by molar-refractivity contribution is -0.116. The summed E-state index contributed by atoms with van der Waals surface area (Å²) < 4.78 is 37.7. The number of rotatable bonds is 8. The Morgan fingerprint density at radius 3 is 2.64 bits per heavy atom. The van der Waals surface area contributed by atoms with E-state index in [0.29, 0.717) is 35.0 Å². The van der Waals surface area contributed by atoms with Gasteiger partial charge in [-0.25, -0.2) is 18.1 Å². The lowest BCUT2D eigenvalue weighted by Gasteiger charge is -2.08. The molecule has 1 amide bonds. The first kappa shape index (κ1) is 19.8. The van der Waals surface area contributed by atoms with Crippen LogP contribution in [0, 0.1) is 6.92 Å². The number of nitrogens with zero attached hydrogens (tertiary/aromatic N) is 1. The van der Waals surface area contributed by atoms with Crippen molar-refractivity contribution in [3.63, 3.8) is 0 Å². The van der Waals surface area contributed by atoms with Gasteiger partial charge in [0.2, 0.25) is 15.9 Å². The predicted molar refractivity (Wildman–Crippen MR) is 105 cm³/mol. The smallest absolute Gasteiger partial charge is 0.240 e. The first-order valence-electron chi connectivity index (χ1n) is 8.77. The molecule has 2 N–H and O–H groups in total. The maximum Gasteiger partial charge on any atom is 0.240 e. The summed E-state index contributed by atoms with van der Waals surface area (Å²) in [7, 11) is -3.69. The molecule has 0 spiro atoms. The summed E-state index contributed by atoms with van der Waals surface area (Å²) in [5.41, 5.74) is 1.85. The number of aryl methyl sites for hydroxylation is 1. The molecule has 8 nitrogen and oxygen atoms in total. The Balaban J connectivity index is 1.53. The van der Waals surface area contributed by atoms with Gasteiger partial charge in [-0.15, -0.1) is 0 Å². The number of hydrogen-bond acceptors (Lipinski definition) is 6. The number of aromatic nitrogens is 1. The van der Waals surface area contributed by atoms with E-state index >= 15 is 0 Å². The molecule has 148 valence electrons. The molecular weight excluding hydrogens is 382 g/mol. The van der Waals surface area contributed by atoms with Gasteiger partial charge in [-0.05, 0) is 49.4 Å². The summed E-state index contributed by atoms with van der Waals surface area (Å²) in [5.74, 6) is 0.830. The van der Waals surface area contributed by atoms with Crippen LogP contribution in [0.2, 0.25) is 0 Å². The highest BCUT2D eigenvalue weighted by Crippen LogP contribution is 2.20. The van der Waals surface area contributed by atoms with E-state index in [0.717, 1.165) is 0 Å². The van der Waals surface area contributed by atoms with Crippen molar-refractivity contribution in [2.75, 3.05) is 18.5 Å². The summed E-state index contributed by atoms with van der Waals surface area (Å²) in [5, 5.41) is 2.72. The third-order valence-corrected chi connectivity index (χ3v) is 5.34. The van der Waals surface area contributed by atoms with Gasteiger partial charge in [0.15, 0.2) is 11.5 Å². The molecule has 0 unspecified atom stereocenters. The lowest BCUT2D eigenvalue weighted by Crippen LogP contribution is -2.27. The van der Waals surface area contributed by atoms with Crippen molar-refractivity contribution in [2.24, 2.45) is 0 Å². The number of hydrogen-bond donors (Lipinski definition) is 2. The minimum atomic E-state index is -3.69. The summed E-state index contributed by atoms with van der Waals surface area (Å²) in [6.07, 6.45) is -0.00780. The Morgan fingerprint density at radius 2 is 1.93 bits per heavy atom. The number of benzene rings is 2. The highest BCUT2D eigenvalue weighted by atomic mass is 32.2. The summed E-state index contributed by atoms with van der Waals surface area (Å²) >= 11 is 0. The number of anilines is 1. The topological polar surface area (TPSA) is 111 Å². The number of carbonyl (C=O) groups excluding carboxylic acids is 1. The van der Waals surface area contributed by atoms with E-state index in [2.05, 4.69) is 15.0 Å². The fourth-order valence-electron chi connectivity index (χ4n) is 2.61. The lowest BCUT2D eigenvalue weighted by atomic mass is 10.2. The average molecular weight is 403 g/mol. The van der Waals surface area contributed by atoms with Gasteiger partial charge in [-0.2, -0.15) is 0 Å². The molecule has 28 heavy (non-hydrogen) atoms. The van der Waals surface area contributed by atoms with Crippen LogP contribution in [0.25, 0.3) is 11.1 Å². The molecule has 0 aliphatic rings. The Kier molecular flexibility index (Phi) is 5.96. The monoisotopic (exact) mass is 403 g/mol. The van der Waals surface area contributed by atoms with E-state index in [4.69, 9.17) is 9.15 Å². The first-order chi connectivity index (χ1) is 13.4. The second kappa shape index (κ2) is 8.41. The van der Waals surface area contributed by atoms with E-state index < -0.39 is 10.0 Å². The van der Waals surface area contributed by atoms with Gasteiger partial charge in [0.05, 0.1) is 11.5 Å². The molecule has 2 aromatic carbocycles. The quantitative estimate of drug-likeness (QED) is 0.598. The van der Waals surface area contributed by atoms with Crippen LogP contribution in [-0.4, -0.2) is 32.5 Å². The highest BCUT2D eigenvalue weighted by molar-refractivity contribution is 7.89. The number of ether oxygens (including phenoxy) is 1. The van der Waals surface area contributed by atoms with Crippen molar-refractivity contribution in [3.8, 4) is 5.75 Å². The van der Waals surface area contributed by atoms with Crippen LogP contribution in [0.3, 0.4) is 0 Å². The van der Waals surface area contributed by atoms with Crippen LogP contribution >= 0.6 is 0 Å². The minimum absolute atomic E-state index is 0.00780. The Hall–Kier alpha value is -2.91. The number of nitrogens with one attached hydrogen (secondary N) is 2. The molecule has 0 atom stereocenters. The van der Waals surface area contributed by atoms with Crippen LogP contribution in [0.4, 0.5) is 5.69 Å². The molecule has 3 aromatic rings. The average Bonchev–Trinajstić information content (AvgIpc) is 3.01. The number of amides is 1. The highest BCUT2D eigenvalue weighted by Gasteiger charge is 2.14. The van der Waals surface area contributed by atoms with Crippen molar-refractivity contribution in [1.29, 1.82) is 0 Å². The van der Waals surface area contributed by atoms with Crippen LogP contribution in [0.15, 0.2) is 51.8 Å². The maximum atomic E-state index is 12.3. The zero-order valence-corrected chi connectivity index (χ0v) is 16.4. The minimum Gasteiger partial charge on any atom is -0.494 e. The van der Waals surface area contributed by atoms with Gasteiger partial charge >= 0.3 is 0 Å². The molecule has 0 radical (unpaired) electrons. The van der Waals surface area contributed by atoms with Crippen molar-refractivity contribution < 1.29 is 22.4 Å². The van der Waals surface area contributed by atoms with Gasteiger partial charge in [-0.1, -0.05) is 0 Å². The van der Waals surface area contributed by atoms with E-state index in [-0.39, 0.29) is 23.8 Å². The number of sulfonamides is 1. The van der Waals surface area contributed by atoms with Crippen molar-refractivity contribution >= 4 is 32.7 Å². The Morgan fingerprint density at radius 1 is 1.18 bits per heavy atom. The van der Waals surface area contributed by atoms with Gasteiger partial charge in [-0.3, -0.25) is 4.79 Å². The Labute approximate surface area is 163 Å². The van der Waals surface area contributed by atoms with Crippen LogP contribution in [0.1, 0.15) is 19.2 Å². The van der Waals surface area contributed by atoms with Gasteiger partial charge in [0, 0.05) is 25.6 Å². The summed E-state index contributed by atoms with van der Waals surface area (Å²) in [4.78, 5) is 16.4. The molecule has 0 saturated heterocycles. The number of fused-ring (bicyclic) bond motifs is 1. The van der Waals surface area contributed by atoms with Crippen molar-refractivity contribution in [2.45, 2.75) is 25.2 Å². The predicted octanol–water partition coefficient (Wildman–Crippen LogP) is 2.84. The molecule has 0 bridgehead atoms. The summed E-state index contributed by atoms with van der Waals surface area (Å²) in [6.45, 7) is 4.08. The fourth-order valence-corrected chi connectivity index (χ4v) is 3.64. The molecule has 0 fully saturated rings. The zero-order chi connectivity index (χ0) is 20.1. The van der Waals surface area contributed by atoms with Crippen LogP contribution in [-0.2, 0) is 14.8 Å². The molecular formula is C19H21N3O5S. The third kappa shape index (κ3) is 4.87. The van der Waals surface area contributed by atoms with E-state index in [1.165, 1.54) is 12.1 Å². The standard InChI is InChI=1S/C19H21N3O5S/c1-3-26-15-5-7-16(8-6-15)28(24,25)20-11-10-19(23)22-14-4-9-18-17(12-14)21-13(2)27-18/h4-9,12,20H,3,10-11H2,1-2H3,(H,22,23). The maximum absolute atomic E-state index is 12.3. The van der Waals surface area contributed by atoms with E-state index in [1.54, 1.807) is 37.3 Å². The molecule has 0 saturated carbocycles. The summed E-state index contributed by atoms with van der Waals surface area (Å²) in [6, 6.07) is 11.2. The molecule has 9 heteroatoms. The third-order valence-electron chi connectivity index (χ3n) is 3.87. The van der Waals surface area contributed by atoms with Crippen LogP contribution in [0.5, 0.6) is 5.75 Å². The molecule has 0 aliphatic heterocycles. The first-order valence-corrected chi connectivity index (χ1v) is 10.3. The Bertz CT molecular complexity index is 1070. The van der Waals surface area contributed by atoms with E-state index in [9.17, 15) is 13.2 Å². The second-order valence-electron chi connectivity index (χ2n) is 6.02. The van der Waals surface area contributed by atoms with Crippen LogP contribution < -0.4 is 14.8 Å².